The van der Waals surface area contributed by atoms with Gasteiger partial charge in [0.25, 0.3) is 11.8 Å². The average Bonchev–Trinajstić information content (AvgIpc) is 2.86. The first kappa shape index (κ1) is 17.1. The van der Waals surface area contributed by atoms with Crippen molar-refractivity contribution in [3.05, 3.63) is 35.4 Å². The Morgan fingerprint density at radius 2 is 1.68 bits per heavy atom. The summed E-state index contributed by atoms with van der Waals surface area (Å²) >= 11 is 0. The van der Waals surface area contributed by atoms with Crippen LogP contribution in [0.4, 0.5) is 0 Å². The zero-order valence-corrected chi connectivity index (χ0v) is 13.5. The van der Waals surface area contributed by atoms with Gasteiger partial charge in [-0.05, 0) is 25.0 Å². The van der Waals surface area contributed by atoms with Crippen molar-refractivity contribution >= 4 is 23.7 Å². The van der Waals surface area contributed by atoms with E-state index in [1.54, 1.807) is 12.1 Å². The minimum Gasteiger partial charge on any atom is -0.481 e. The van der Waals surface area contributed by atoms with Crippen LogP contribution in [-0.2, 0) is 14.3 Å². The Morgan fingerprint density at radius 1 is 1.12 bits per heavy atom. The number of nitrogens with zero attached hydrogens (tertiary/aromatic N) is 1. The van der Waals surface area contributed by atoms with Crippen LogP contribution in [0.1, 0.15) is 33.6 Å². The fourth-order valence-corrected chi connectivity index (χ4v) is 3.08. The molecule has 2 heterocycles. The molecule has 25 heavy (non-hydrogen) atoms. The van der Waals surface area contributed by atoms with Gasteiger partial charge in [0.05, 0.1) is 16.5 Å². The standard InChI is InChI=1S/C17H18N2O6/c20-13(18-10-17(16(23)24)5-7-25-8-6-17)9-19-14(21)11-3-1-2-4-12(11)15(19)22/h1-4H,5-10H2,(H,18,20)(H,23,24). The van der Waals surface area contributed by atoms with E-state index in [1.807, 2.05) is 0 Å². The van der Waals surface area contributed by atoms with Gasteiger partial charge in [-0.2, -0.15) is 0 Å². The highest BCUT2D eigenvalue weighted by atomic mass is 16.5. The molecule has 2 aliphatic rings. The molecule has 0 saturated carbocycles. The van der Waals surface area contributed by atoms with E-state index in [4.69, 9.17) is 4.74 Å². The molecule has 3 rings (SSSR count). The van der Waals surface area contributed by atoms with E-state index in [2.05, 4.69) is 5.32 Å². The quantitative estimate of drug-likeness (QED) is 0.741. The molecule has 8 nitrogen and oxygen atoms in total. The van der Waals surface area contributed by atoms with Crippen molar-refractivity contribution in [3.8, 4) is 0 Å². The first-order valence-electron chi connectivity index (χ1n) is 7.98. The fraction of sp³-hybridized carbons (Fsp3) is 0.412. The summed E-state index contributed by atoms with van der Waals surface area (Å²) in [5, 5.41) is 12.0. The fourth-order valence-electron chi connectivity index (χ4n) is 3.08. The zero-order valence-electron chi connectivity index (χ0n) is 13.5. The van der Waals surface area contributed by atoms with Crippen LogP contribution in [0.2, 0.25) is 0 Å². The normalized spacial score (nSPS) is 18.8. The van der Waals surface area contributed by atoms with Crippen LogP contribution in [-0.4, -0.2) is 60.0 Å². The molecule has 3 amide bonds. The van der Waals surface area contributed by atoms with E-state index in [-0.39, 0.29) is 17.7 Å². The number of hydrogen-bond acceptors (Lipinski definition) is 5. The monoisotopic (exact) mass is 346 g/mol. The highest BCUT2D eigenvalue weighted by molar-refractivity contribution is 6.22. The molecule has 8 heteroatoms. The Balaban J connectivity index is 1.63. The molecule has 2 N–H and O–H groups in total. The number of carboxylic acids is 1. The second kappa shape index (κ2) is 6.64. The molecule has 1 aromatic rings. The number of fused-ring (bicyclic) bond motifs is 1. The lowest BCUT2D eigenvalue weighted by Gasteiger charge is -2.33. The Bertz CT molecular complexity index is 703. The Labute approximate surface area is 143 Å². The van der Waals surface area contributed by atoms with Crippen LogP contribution in [0, 0.1) is 5.41 Å². The predicted octanol–water partition coefficient (Wildman–Crippen LogP) is 0.280. The van der Waals surface area contributed by atoms with E-state index in [9.17, 15) is 24.3 Å². The third-order valence-electron chi connectivity index (χ3n) is 4.71. The van der Waals surface area contributed by atoms with E-state index >= 15 is 0 Å². The molecular weight excluding hydrogens is 328 g/mol. The Hall–Kier alpha value is -2.74. The molecule has 1 fully saturated rings. The van der Waals surface area contributed by atoms with Gasteiger partial charge in [0.2, 0.25) is 5.91 Å². The molecule has 0 aromatic heterocycles. The summed E-state index contributed by atoms with van der Waals surface area (Å²) < 4.78 is 5.18. The second-order valence-corrected chi connectivity index (χ2v) is 6.22. The summed E-state index contributed by atoms with van der Waals surface area (Å²) in [5.41, 5.74) is -0.533. The van der Waals surface area contributed by atoms with Crippen molar-refractivity contribution in [2.75, 3.05) is 26.3 Å². The molecule has 1 aromatic carbocycles. The van der Waals surface area contributed by atoms with Crippen LogP contribution in [0.15, 0.2) is 24.3 Å². The number of nitrogens with one attached hydrogen (secondary N) is 1. The number of carboxylic acid groups (broad SMARTS) is 1. The van der Waals surface area contributed by atoms with E-state index in [1.165, 1.54) is 12.1 Å². The second-order valence-electron chi connectivity index (χ2n) is 6.22. The summed E-state index contributed by atoms with van der Waals surface area (Å²) in [5.74, 6) is -2.59. The van der Waals surface area contributed by atoms with E-state index in [0.717, 1.165) is 4.90 Å². The molecule has 2 aliphatic heterocycles. The van der Waals surface area contributed by atoms with E-state index < -0.39 is 35.7 Å². The van der Waals surface area contributed by atoms with Gasteiger partial charge in [-0.25, -0.2) is 0 Å². The summed E-state index contributed by atoms with van der Waals surface area (Å²) in [6.45, 7) is 0.146. The van der Waals surface area contributed by atoms with Gasteiger partial charge in [-0.3, -0.25) is 24.1 Å². The lowest BCUT2D eigenvalue weighted by Crippen LogP contribution is -2.49. The molecule has 0 bridgehead atoms. The maximum Gasteiger partial charge on any atom is 0.311 e. The molecule has 0 radical (unpaired) electrons. The molecule has 1 saturated heterocycles. The van der Waals surface area contributed by atoms with Gasteiger partial charge < -0.3 is 15.2 Å². The SMILES string of the molecule is O=C(CN1C(=O)c2ccccc2C1=O)NCC1(C(=O)O)CCOCC1. The van der Waals surface area contributed by atoms with Gasteiger partial charge in [0, 0.05) is 19.8 Å². The number of rotatable bonds is 5. The van der Waals surface area contributed by atoms with Gasteiger partial charge >= 0.3 is 5.97 Å². The van der Waals surface area contributed by atoms with Gasteiger partial charge in [0.15, 0.2) is 0 Å². The van der Waals surface area contributed by atoms with Gasteiger partial charge in [0.1, 0.15) is 6.54 Å². The first-order chi connectivity index (χ1) is 11.9. The topological polar surface area (TPSA) is 113 Å². The molecule has 0 unspecified atom stereocenters. The maximum atomic E-state index is 12.2. The van der Waals surface area contributed by atoms with Crippen LogP contribution in [0.3, 0.4) is 0 Å². The highest BCUT2D eigenvalue weighted by Crippen LogP contribution is 2.30. The van der Waals surface area contributed by atoms with Crippen LogP contribution in [0.25, 0.3) is 0 Å². The number of ether oxygens (including phenoxy) is 1. The lowest BCUT2D eigenvalue weighted by atomic mass is 9.80. The number of carbonyl (C=O) groups excluding carboxylic acids is 3. The van der Waals surface area contributed by atoms with Crippen molar-refractivity contribution in [2.24, 2.45) is 5.41 Å². The maximum absolute atomic E-state index is 12.2. The molecule has 132 valence electrons. The zero-order chi connectivity index (χ0) is 18.0. The number of aliphatic carboxylic acids is 1. The Morgan fingerprint density at radius 3 is 2.20 bits per heavy atom. The first-order valence-corrected chi connectivity index (χ1v) is 7.98. The number of hydrogen-bond donors (Lipinski definition) is 2. The minimum absolute atomic E-state index is 0.0618. The number of carbonyl (C=O) groups is 4. The lowest BCUT2D eigenvalue weighted by molar-refractivity contribution is -0.154. The van der Waals surface area contributed by atoms with E-state index in [0.29, 0.717) is 26.1 Å². The third kappa shape index (κ3) is 3.12. The number of amides is 3. The smallest absolute Gasteiger partial charge is 0.311 e. The summed E-state index contributed by atoms with van der Waals surface area (Å²) in [4.78, 5) is 49.1. The summed E-state index contributed by atoms with van der Waals surface area (Å²) in [7, 11) is 0. The summed E-state index contributed by atoms with van der Waals surface area (Å²) in [6, 6.07) is 6.37. The van der Waals surface area contributed by atoms with Crippen molar-refractivity contribution in [1.29, 1.82) is 0 Å². The summed E-state index contributed by atoms with van der Waals surface area (Å²) in [6.07, 6.45) is 0.602. The minimum atomic E-state index is -1.07. The molecule has 0 aliphatic carbocycles. The highest BCUT2D eigenvalue weighted by Gasteiger charge is 2.41. The van der Waals surface area contributed by atoms with Crippen molar-refractivity contribution in [2.45, 2.75) is 12.8 Å². The van der Waals surface area contributed by atoms with Crippen molar-refractivity contribution in [1.82, 2.24) is 10.2 Å². The third-order valence-corrected chi connectivity index (χ3v) is 4.71. The molecule has 0 atom stereocenters. The van der Waals surface area contributed by atoms with Crippen LogP contribution >= 0.6 is 0 Å². The van der Waals surface area contributed by atoms with Crippen molar-refractivity contribution in [3.63, 3.8) is 0 Å². The number of imide groups is 1. The molecular formula is C17H18N2O6. The van der Waals surface area contributed by atoms with Crippen LogP contribution in [0.5, 0.6) is 0 Å². The largest absolute Gasteiger partial charge is 0.481 e. The van der Waals surface area contributed by atoms with Gasteiger partial charge in [-0.1, -0.05) is 12.1 Å². The predicted molar refractivity (Wildman–Crippen MR) is 84.9 cm³/mol. The molecule has 0 spiro atoms. The Kier molecular flexibility index (Phi) is 4.54. The average molecular weight is 346 g/mol. The number of benzene rings is 1. The van der Waals surface area contributed by atoms with Gasteiger partial charge in [-0.15, -0.1) is 0 Å². The van der Waals surface area contributed by atoms with Crippen molar-refractivity contribution < 1.29 is 29.0 Å². The van der Waals surface area contributed by atoms with Crippen LogP contribution < -0.4 is 5.32 Å².